The summed E-state index contributed by atoms with van der Waals surface area (Å²) in [6, 6.07) is 8.27. The lowest BCUT2D eigenvalue weighted by Gasteiger charge is -2.17. The third-order valence-electron chi connectivity index (χ3n) is 4.67. The molecular weight excluding hydrogens is 296 g/mol. The number of aryl methyl sites for hydroxylation is 1. The number of hydrogen-bond donors (Lipinski definition) is 2. The van der Waals surface area contributed by atoms with Gasteiger partial charge in [0.1, 0.15) is 0 Å². The van der Waals surface area contributed by atoms with Crippen molar-refractivity contribution < 1.29 is 8.42 Å². The smallest absolute Gasteiger partial charge is 0.211 e. The molecule has 1 fully saturated rings. The molecule has 0 amide bonds. The van der Waals surface area contributed by atoms with Crippen molar-refractivity contribution in [2.75, 3.05) is 12.3 Å². The summed E-state index contributed by atoms with van der Waals surface area (Å²) in [4.78, 5) is 3.43. The fourth-order valence-electron chi connectivity index (χ4n) is 3.28. The van der Waals surface area contributed by atoms with Gasteiger partial charge in [-0.2, -0.15) is 0 Å². The lowest BCUT2D eigenvalue weighted by Crippen LogP contribution is -2.34. The summed E-state index contributed by atoms with van der Waals surface area (Å²) in [5.41, 5.74) is 3.56. The van der Waals surface area contributed by atoms with E-state index in [0.29, 0.717) is 13.0 Å². The van der Waals surface area contributed by atoms with Gasteiger partial charge in [-0.1, -0.05) is 31.5 Å². The molecule has 0 radical (unpaired) electrons. The van der Waals surface area contributed by atoms with E-state index in [1.54, 1.807) is 0 Å². The highest BCUT2D eigenvalue weighted by Crippen LogP contribution is 2.51. The van der Waals surface area contributed by atoms with Gasteiger partial charge in [-0.3, -0.25) is 0 Å². The number of aromatic nitrogens is 1. The zero-order chi connectivity index (χ0) is 15.8. The van der Waals surface area contributed by atoms with Crippen LogP contribution in [0.4, 0.5) is 0 Å². The average Bonchev–Trinajstić information content (AvgIpc) is 3.19. The van der Waals surface area contributed by atoms with Crippen LogP contribution in [0.5, 0.6) is 0 Å². The quantitative estimate of drug-likeness (QED) is 0.823. The van der Waals surface area contributed by atoms with Gasteiger partial charge in [0.2, 0.25) is 10.0 Å². The molecule has 1 saturated carbocycles. The molecule has 3 rings (SSSR count). The highest BCUT2D eigenvalue weighted by molar-refractivity contribution is 7.89. The Morgan fingerprint density at radius 2 is 2.00 bits per heavy atom. The van der Waals surface area contributed by atoms with Crippen LogP contribution in [0.25, 0.3) is 10.9 Å². The van der Waals surface area contributed by atoms with Gasteiger partial charge in [-0.25, -0.2) is 13.1 Å². The summed E-state index contributed by atoms with van der Waals surface area (Å²) in [5, 5.41) is 1.23. The molecule has 0 spiro atoms. The van der Waals surface area contributed by atoms with Crippen molar-refractivity contribution >= 4 is 20.9 Å². The van der Waals surface area contributed by atoms with Crippen molar-refractivity contribution in [3.63, 3.8) is 0 Å². The molecular formula is C17H24N2O2S. The van der Waals surface area contributed by atoms with E-state index in [0.717, 1.165) is 30.5 Å². The minimum atomic E-state index is -3.15. The molecule has 0 bridgehead atoms. The Labute approximate surface area is 132 Å². The van der Waals surface area contributed by atoms with Gasteiger partial charge in [-0.15, -0.1) is 0 Å². The third kappa shape index (κ3) is 2.92. The summed E-state index contributed by atoms with van der Waals surface area (Å²) < 4.78 is 27.0. The molecule has 1 heterocycles. The van der Waals surface area contributed by atoms with Gasteiger partial charge in [0.05, 0.1) is 5.75 Å². The van der Waals surface area contributed by atoms with E-state index in [-0.39, 0.29) is 11.2 Å². The molecule has 2 aromatic rings. The number of sulfonamides is 1. The number of H-pyrrole nitrogens is 1. The van der Waals surface area contributed by atoms with Crippen molar-refractivity contribution in [2.24, 2.45) is 0 Å². The highest BCUT2D eigenvalue weighted by atomic mass is 32.2. The average molecular weight is 320 g/mol. The summed E-state index contributed by atoms with van der Waals surface area (Å²) in [5.74, 6) is 0.229. The minimum absolute atomic E-state index is 0.0248. The summed E-state index contributed by atoms with van der Waals surface area (Å²) in [7, 11) is -3.15. The van der Waals surface area contributed by atoms with Gasteiger partial charge in [0, 0.05) is 28.6 Å². The lowest BCUT2D eigenvalue weighted by atomic mass is 9.93. The molecule has 0 atom stereocenters. The molecule has 2 N–H and O–H groups in total. The predicted molar refractivity (Wildman–Crippen MR) is 90.6 cm³/mol. The second-order valence-corrected chi connectivity index (χ2v) is 8.37. The number of benzene rings is 1. The maximum Gasteiger partial charge on any atom is 0.211 e. The molecule has 120 valence electrons. The summed E-state index contributed by atoms with van der Waals surface area (Å²) >= 11 is 0. The number of nitrogens with one attached hydrogen (secondary N) is 2. The molecule has 1 aromatic heterocycles. The topological polar surface area (TPSA) is 62.0 Å². The van der Waals surface area contributed by atoms with E-state index >= 15 is 0 Å². The molecule has 22 heavy (non-hydrogen) atoms. The van der Waals surface area contributed by atoms with Crippen molar-refractivity contribution in [1.82, 2.24) is 9.71 Å². The maximum atomic E-state index is 12.1. The van der Waals surface area contributed by atoms with Crippen LogP contribution in [-0.2, 0) is 15.4 Å². The van der Waals surface area contributed by atoms with Crippen LogP contribution in [0.1, 0.15) is 43.9 Å². The lowest BCUT2D eigenvalue weighted by molar-refractivity contribution is 0.564. The number of hydrogen-bond acceptors (Lipinski definition) is 2. The second-order valence-electron chi connectivity index (χ2n) is 6.44. The summed E-state index contributed by atoms with van der Waals surface area (Å²) in [6.45, 7) is 4.61. The Morgan fingerprint density at radius 1 is 1.27 bits per heavy atom. The van der Waals surface area contributed by atoms with Gasteiger partial charge < -0.3 is 4.98 Å². The first kappa shape index (κ1) is 15.6. The molecule has 0 saturated heterocycles. The van der Waals surface area contributed by atoms with E-state index in [2.05, 4.69) is 28.8 Å². The van der Waals surface area contributed by atoms with Crippen molar-refractivity contribution in [1.29, 1.82) is 0 Å². The first-order valence-corrected chi connectivity index (χ1v) is 9.68. The Morgan fingerprint density at radius 3 is 2.68 bits per heavy atom. The Balaban J connectivity index is 1.83. The number of rotatable bonds is 7. The Hall–Kier alpha value is -1.33. The normalized spacial score (nSPS) is 17.0. The van der Waals surface area contributed by atoms with Crippen LogP contribution in [-0.4, -0.2) is 25.7 Å². The Bertz CT molecular complexity index is 773. The van der Waals surface area contributed by atoms with E-state index in [1.807, 2.05) is 19.1 Å². The fraction of sp³-hybridized carbons (Fsp3) is 0.529. The first-order chi connectivity index (χ1) is 10.5. The van der Waals surface area contributed by atoms with E-state index in [4.69, 9.17) is 0 Å². The van der Waals surface area contributed by atoms with Gasteiger partial charge in [0.15, 0.2) is 0 Å². The largest absolute Gasteiger partial charge is 0.358 e. The SMILES string of the molecule is CCCCS(=O)(=O)NCC1(c2c(C)[nH]c3ccccc23)CC1. The Kier molecular flexibility index (Phi) is 4.03. The monoisotopic (exact) mass is 320 g/mol. The first-order valence-electron chi connectivity index (χ1n) is 8.02. The molecule has 0 aliphatic heterocycles. The number of aromatic amines is 1. The summed E-state index contributed by atoms with van der Waals surface area (Å²) in [6.07, 6.45) is 3.71. The van der Waals surface area contributed by atoms with E-state index in [1.165, 1.54) is 10.9 Å². The molecule has 4 nitrogen and oxygen atoms in total. The third-order valence-corrected chi connectivity index (χ3v) is 6.08. The number of para-hydroxylation sites is 1. The van der Waals surface area contributed by atoms with E-state index in [9.17, 15) is 8.42 Å². The van der Waals surface area contributed by atoms with Crippen LogP contribution in [0.2, 0.25) is 0 Å². The highest BCUT2D eigenvalue weighted by Gasteiger charge is 2.47. The fourth-order valence-corrected chi connectivity index (χ4v) is 4.59. The van der Waals surface area contributed by atoms with Gasteiger partial charge in [-0.05, 0) is 37.8 Å². The standard InChI is InChI=1S/C17H24N2O2S/c1-3-4-11-22(20,21)18-12-17(9-10-17)16-13(2)19-15-8-6-5-7-14(15)16/h5-8,18-19H,3-4,9-12H2,1-2H3. The van der Waals surface area contributed by atoms with Crippen LogP contribution in [0, 0.1) is 6.92 Å². The predicted octanol–water partition coefficient (Wildman–Crippen LogP) is 3.23. The molecule has 1 aliphatic rings. The maximum absolute atomic E-state index is 12.1. The minimum Gasteiger partial charge on any atom is -0.358 e. The van der Waals surface area contributed by atoms with Crippen LogP contribution >= 0.6 is 0 Å². The molecule has 0 unspecified atom stereocenters. The van der Waals surface area contributed by atoms with Crippen molar-refractivity contribution in [2.45, 2.75) is 44.9 Å². The zero-order valence-electron chi connectivity index (χ0n) is 13.3. The van der Waals surface area contributed by atoms with Gasteiger partial charge in [0.25, 0.3) is 0 Å². The van der Waals surface area contributed by atoms with Crippen LogP contribution in [0.3, 0.4) is 0 Å². The number of unbranched alkanes of at least 4 members (excludes halogenated alkanes) is 1. The van der Waals surface area contributed by atoms with Crippen LogP contribution in [0.15, 0.2) is 24.3 Å². The van der Waals surface area contributed by atoms with Gasteiger partial charge >= 0.3 is 0 Å². The number of fused-ring (bicyclic) bond motifs is 1. The molecule has 1 aromatic carbocycles. The van der Waals surface area contributed by atoms with Crippen molar-refractivity contribution in [3.8, 4) is 0 Å². The van der Waals surface area contributed by atoms with E-state index < -0.39 is 10.0 Å². The van der Waals surface area contributed by atoms with Crippen molar-refractivity contribution in [3.05, 3.63) is 35.5 Å². The molecule has 5 heteroatoms. The molecule has 1 aliphatic carbocycles. The van der Waals surface area contributed by atoms with Crippen LogP contribution < -0.4 is 4.72 Å². The zero-order valence-corrected chi connectivity index (χ0v) is 14.1. The second kappa shape index (κ2) is 5.70.